The molecule has 1 saturated heterocycles. The summed E-state index contributed by atoms with van der Waals surface area (Å²) in [4.78, 5) is 31.4. The molecule has 5 nitrogen and oxygen atoms in total. The maximum atomic E-state index is 12.9. The van der Waals surface area contributed by atoms with E-state index >= 15 is 0 Å². The number of carbonyl (C=O) groups excluding carboxylic acids is 2. The van der Waals surface area contributed by atoms with E-state index in [0.717, 1.165) is 28.8 Å². The van der Waals surface area contributed by atoms with Crippen molar-refractivity contribution in [1.82, 2.24) is 9.88 Å². The van der Waals surface area contributed by atoms with E-state index < -0.39 is 0 Å². The van der Waals surface area contributed by atoms with Gasteiger partial charge in [0.2, 0.25) is 5.91 Å². The molecule has 2 aromatic rings. The molecule has 2 amide bonds. The molecule has 2 heterocycles. The van der Waals surface area contributed by atoms with Crippen LogP contribution in [-0.2, 0) is 10.5 Å². The Morgan fingerprint density at radius 3 is 2.71 bits per heavy atom. The van der Waals surface area contributed by atoms with Crippen molar-refractivity contribution >= 4 is 45.3 Å². The predicted molar refractivity (Wildman–Crippen MR) is 117 cm³/mol. The number of nitrogens with zero attached hydrogens (tertiary/aromatic N) is 2. The van der Waals surface area contributed by atoms with Gasteiger partial charge in [-0.05, 0) is 64.4 Å². The van der Waals surface area contributed by atoms with E-state index in [2.05, 4.69) is 33.2 Å². The zero-order valence-corrected chi connectivity index (χ0v) is 18.3. The summed E-state index contributed by atoms with van der Waals surface area (Å²) in [5, 5.41) is 2.85. The zero-order chi connectivity index (χ0) is 19.9. The Hall–Kier alpha value is -1.86. The average molecular weight is 462 g/mol. The molecule has 1 aliphatic rings. The predicted octanol–water partition coefficient (Wildman–Crippen LogP) is 4.59. The van der Waals surface area contributed by atoms with Gasteiger partial charge in [-0.15, -0.1) is 0 Å². The van der Waals surface area contributed by atoms with Gasteiger partial charge in [-0.25, -0.2) is 4.98 Å². The fourth-order valence-electron chi connectivity index (χ4n) is 3.20. The Kier molecular flexibility index (Phi) is 7.50. The number of hydrogen-bond acceptors (Lipinski definition) is 4. The highest BCUT2D eigenvalue weighted by Gasteiger charge is 2.29. The van der Waals surface area contributed by atoms with Crippen molar-refractivity contribution in [3.63, 3.8) is 0 Å². The van der Waals surface area contributed by atoms with Crippen LogP contribution in [0.15, 0.2) is 47.1 Å². The number of halogens is 1. The third kappa shape index (κ3) is 5.58. The lowest BCUT2D eigenvalue weighted by molar-refractivity contribution is -0.121. The molecule has 148 valence electrons. The van der Waals surface area contributed by atoms with Gasteiger partial charge < -0.3 is 10.2 Å². The standard InChI is InChI=1S/C21H24BrN3O2S/c1-2-28-14-15-5-7-16(8-6-15)21(27)25-11-3-4-17(13-25)20(26)24-19-10-9-18(22)12-23-19/h5-10,12,17H,2-4,11,13-14H2,1H3,(H,23,24,26). The molecule has 1 aliphatic heterocycles. The van der Waals surface area contributed by atoms with E-state index in [9.17, 15) is 9.59 Å². The van der Waals surface area contributed by atoms with Gasteiger partial charge in [-0.3, -0.25) is 9.59 Å². The van der Waals surface area contributed by atoms with E-state index in [0.29, 0.717) is 24.5 Å². The highest BCUT2D eigenvalue weighted by atomic mass is 79.9. The number of likely N-dealkylation sites (tertiary alicyclic amines) is 1. The van der Waals surface area contributed by atoms with Crippen molar-refractivity contribution < 1.29 is 9.59 Å². The number of anilines is 1. The highest BCUT2D eigenvalue weighted by Crippen LogP contribution is 2.21. The molecular formula is C21H24BrN3O2S. The zero-order valence-electron chi connectivity index (χ0n) is 15.9. The number of pyridine rings is 1. The Balaban J connectivity index is 1.59. The fourth-order valence-corrected chi connectivity index (χ4v) is 4.07. The minimum Gasteiger partial charge on any atom is -0.338 e. The number of benzene rings is 1. The van der Waals surface area contributed by atoms with Crippen LogP contribution in [-0.4, -0.2) is 40.5 Å². The summed E-state index contributed by atoms with van der Waals surface area (Å²) in [6.07, 6.45) is 3.25. The van der Waals surface area contributed by atoms with Crippen LogP contribution in [0, 0.1) is 5.92 Å². The first-order chi connectivity index (χ1) is 13.6. The van der Waals surface area contributed by atoms with Crippen molar-refractivity contribution in [3.8, 4) is 0 Å². The van der Waals surface area contributed by atoms with Gasteiger partial charge in [0.25, 0.3) is 5.91 Å². The molecule has 1 aromatic carbocycles. The molecular weight excluding hydrogens is 438 g/mol. The van der Waals surface area contributed by atoms with Gasteiger partial charge in [-0.2, -0.15) is 11.8 Å². The molecule has 1 N–H and O–H groups in total. The first-order valence-electron chi connectivity index (χ1n) is 9.45. The third-order valence-electron chi connectivity index (χ3n) is 4.73. The summed E-state index contributed by atoms with van der Waals surface area (Å²) in [5.41, 5.74) is 1.90. The number of rotatable bonds is 6. The third-order valence-corrected chi connectivity index (χ3v) is 6.15. The highest BCUT2D eigenvalue weighted by molar-refractivity contribution is 9.10. The number of nitrogens with one attached hydrogen (secondary N) is 1. The Morgan fingerprint density at radius 2 is 2.04 bits per heavy atom. The number of hydrogen-bond donors (Lipinski definition) is 1. The second-order valence-corrected chi connectivity index (χ2v) is 8.97. The van der Waals surface area contributed by atoms with Crippen LogP contribution in [0.5, 0.6) is 0 Å². The molecule has 0 saturated carbocycles. The average Bonchev–Trinajstić information content (AvgIpc) is 2.74. The lowest BCUT2D eigenvalue weighted by Crippen LogP contribution is -2.43. The van der Waals surface area contributed by atoms with Crippen molar-refractivity contribution in [2.45, 2.75) is 25.5 Å². The van der Waals surface area contributed by atoms with Gasteiger partial charge in [0.15, 0.2) is 0 Å². The SMILES string of the molecule is CCSCc1ccc(C(=O)N2CCCC(C(=O)Nc3ccc(Br)cn3)C2)cc1. The van der Waals surface area contributed by atoms with Gasteiger partial charge in [0.1, 0.15) is 5.82 Å². The van der Waals surface area contributed by atoms with Crippen molar-refractivity contribution in [3.05, 3.63) is 58.2 Å². The van der Waals surface area contributed by atoms with Crippen LogP contribution in [0.1, 0.15) is 35.7 Å². The second-order valence-electron chi connectivity index (χ2n) is 6.78. The smallest absolute Gasteiger partial charge is 0.253 e. The number of aromatic nitrogens is 1. The summed E-state index contributed by atoms with van der Waals surface area (Å²) >= 11 is 5.19. The maximum absolute atomic E-state index is 12.9. The van der Waals surface area contributed by atoms with Crippen LogP contribution in [0.25, 0.3) is 0 Å². The maximum Gasteiger partial charge on any atom is 0.253 e. The Bertz CT molecular complexity index is 811. The fraction of sp³-hybridized carbons (Fsp3) is 0.381. The van der Waals surface area contributed by atoms with Gasteiger partial charge >= 0.3 is 0 Å². The van der Waals surface area contributed by atoms with Gasteiger partial charge in [0.05, 0.1) is 5.92 Å². The van der Waals surface area contributed by atoms with Crippen molar-refractivity contribution in [1.29, 1.82) is 0 Å². The molecule has 0 bridgehead atoms. The van der Waals surface area contributed by atoms with E-state index in [-0.39, 0.29) is 17.7 Å². The number of piperidine rings is 1. The van der Waals surface area contributed by atoms with E-state index in [1.807, 2.05) is 42.1 Å². The summed E-state index contributed by atoms with van der Waals surface area (Å²) in [7, 11) is 0. The monoisotopic (exact) mass is 461 g/mol. The van der Waals surface area contributed by atoms with Crippen molar-refractivity contribution in [2.75, 3.05) is 24.2 Å². The van der Waals surface area contributed by atoms with Crippen LogP contribution >= 0.6 is 27.7 Å². The topological polar surface area (TPSA) is 62.3 Å². The molecule has 0 spiro atoms. The molecule has 0 aliphatic carbocycles. The van der Waals surface area contributed by atoms with Crippen LogP contribution in [0.2, 0.25) is 0 Å². The number of amides is 2. The number of thioether (sulfide) groups is 1. The quantitative estimate of drug-likeness (QED) is 0.683. The molecule has 28 heavy (non-hydrogen) atoms. The molecule has 1 aromatic heterocycles. The van der Waals surface area contributed by atoms with Crippen LogP contribution in [0.3, 0.4) is 0 Å². The summed E-state index contributed by atoms with van der Waals surface area (Å²) < 4.78 is 0.860. The normalized spacial score (nSPS) is 16.6. The van der Waals surface area contributed by atoms with Crippen LogP contribution in [0.4, 0.5) is 5.82 Å². The Labute approximate surface area is 178 Å². The molecule has 1 unspecified atom stereocenters. The van der Waals surface area contributed by atoms with E-state index in [4.69, 9.17) is 0 Å². The molecule has 1 fully saturated rings. The summed E-state index contributed by atoms with van der Waals surface area (Å²) in [5.74, 6) is 2.25. The largest absolute Gasteiger partial charge is 0.338 e. The van der Waals surface area contributed by atoms with Gasteiger partial charge in [-0.1, -0.05) is 19.1 Å². The lowest BCUT2D eigenvalue weighted by Gasteiger charge is -2.32. The molecule has 7 heteroatoms. The van der Waals surface area contributed by atoms with Crippen LogP contribution < -0.4 is 5.32 Å². The minimum atomic E-state index is -0.219. The molecule has 0 radical (unpaired) electrons. The lowest BCUT2D eigenvalue weighted by atomic mass is 9.96. The molecule has 1 atom stereocenters. The minimum absolute atomic E-state index is 0.00559. The summed E-state index contributed by atoms with van der Waals surface area (Å²) in [6.45, 7) is 3.26. The number of carbonyl (C=O) groups is 2. The first-order valence-corrected chi connectivity index (χ1v) is 11.4. The van der Waals surface area contributed by atoms with Gasteiger partial charge in [0, 0.05) is 35.1 Å². The van der Waals surface area contributed by atoms with E-state index in [1.165, 1.54) is 5.56 Å². The Morgan fingerprint density at radius 1 is 1.25 bits per heavy atom. The van der Waals surface area contributed by atoms with E-state index in [1.54, 1.807) is 17.2 Å². The summed E-state index contributed by atoms with van der Waals surface area (Å²) in [6, 6.07) is 11.4. The second kappa shape index (κ2) is 10.1. The molecule has 3 rings (SSSR count). The van der Waals surface area contributed by atoms with Crippen molar-refractivity contribution in [2.24, 2.45) is 5.92 Å². The first kappa shape index (κ1) is 20.9.